The van der Waals surface area contributed by atoms with Crippen LogP contribution in [0.5, 0.6) is 0 Å². The third kappa shape index (κ3) is 4.70. The van der Waals surface area contributed by atoms with Gasteiger partial charge < -0.3 is 20.9 Å². The van der Waals surface area contributed by atoms with Crippen molar-refractivity contribution >= 4 is 17.3 Å². The first-order chi connectivity index (χ1) is 9.98. The molecule has 0 saturated carbocycles. The summed E-state index contributed by atoms with van der Waals surface area (Å²) < 4.78 is 5.25. The number of para-hydroxylation sites is 2. The number of hydrogen-bond acceptors (Lipinski definition) is 5. The maximum atomic E-state index is 12.0. The van der Waals surface area contributed by atoms with Crippen molar-refractivity contribution in [2.45, 2.75) is 18.4 Å². The Morgan fingerprint density at radius 2 is 2.10 bits per heavy atom. The zero-order chi connectivity index (χ0) is 15.3. The van der Waals surface area contributed by atoms with Gasteiger partial charge in [0.05, 0.1) is 23.5 Å². The van der Waals surface area contributed by atoms with Gasteiger partial charge in [0, 0.05) is 32.6 Å². The van der Waals surface area contributed by atoms with E-state index in [9.17, 15) is 9.90 Å². The predicted molar refractivity (Wildman–Crippen MR) is 82.0 cm³/mol. The highest BCUT2D eigenvalue weighted by molar-refractivity contribution is 5.95. The molecule has 0 atom stereocenters. The average Bonchev–Trinajstić information content (AvgIpc) is 2.41. The Hall–Kier alpha value is -1.63. The normalized spacial score (nSPS) is 17.7. The zero-order valence-electron chi connectivity index (χ0n) is 12.3. The van der Waals surface area contributed by atoms with E-state index in [0.717, 1.165) is 0 Å². The molecule has 0 aromatic heterocycles. The minimum atomic E-state index is -0.765. The van der Waals surface area contributed by atoms with Gasteiger partial charge in [0.2, 0.25) is 5.91 Å². The molecule has 1 heterocycles. The molecule has 4 N–H and O–H groups in total. The van der Waals surface area contributed by atoms with Gasteiger partial charge in [-0.15, -0.1) is 0 Å². The Morgan fingerprint density at radius 1 is 1.43 bits per heavy atom. The van der Waals surface area contributed by atoms with Crippen molar-refractivity contribution in [3.05, 3.63) is 24.3 Å². The molecule has 21 heavy (non-hydrogen) atoms. The molecule has 0 bridgehead atoms. The van der Waals surface area contributed by atoms with Gasteiger partial charge in [-0.25, -0.2) is 0 Å². The second kappa shape index (κ2) is 6.89. The van der Waals surface area contributed by atoms with E-state index in [-0.39, 0.29) is 12.5 Å². The number of hydrogen-bond donors (Lipinski definition) is 3. The lowest BCUT2D eigenvalue weighted by molar-refractivity contribution is -0.118. The summed E-state index contributed by atoms with van der Waals surface area (Å²) in [6, 6.07) is 7.14. The number of nitrogens with zero attached hydrogens (tertiary/aromatic N) is 1. The van der Waals surface area contributed by atoms with Crippen LogP contribution in [0.15, 0.2) is 24.3 Å². The lowest BCUT2D eigenvalue weighted by Gasteiger charge is -2.35. The van der Waals surface area contributed by atoms with Crippen molar-refractivity contribution in [3.63, 3.8) is 0 Å². The number of benzene rings is 1. The van der Waals surface area contributed by atoms with Crippen molar-refractivity contribution in [1.29, 1.82) is 0 Å². The lowest BCUT2D eigenvalue weighted by Crippen LogP contribution is -2.47. The first-order valence-electron chi connectivity index (χ1n) is 7.11. The van der Waals surface area contributed by atoms with Gasteiger partial charge in [0.15, 0.2) is 0 Å². The van der Waals surface area contributed by atoms with Crippen molar-refractivity contribution in [1.82, 2.24) is 4.90 Å². The molecule has 1 aliphatic heterocycles. The van der Waals surface area contributed by atoms with E-state index in [1.807, 2.05) is 24.1 Å². The van der Waals surface area contributed by atoms with Gasteiger partial charge in [-0.2, -0.15) is 0 Å². The molecule has 6 heteroatoms. The van der Waals surface area contributed by atoms with Crippen molar-refractivity contribution in [2.75, 3.05) is 44.4 Å². The number of nitrogens with one attached hydrogen (secondary N) is 1. The van der Waals surface area contributed by atoms with E-state index in [4.69, 9.17) is 10.5 Å². The fourth-order valence-corrected chi connectivity index (χ4v) is 2.51. The van der Waals surface area contributed by atoms with Gasteiger partial charge >= 0.3 is 0 Å². The Kier molecular flexibility index (Phi) is 5.17. The van der Waals surface area contributed by atoms with E-state index in [1.165, 1.54) is 0 Å². The Morgan fingerprint density at radius 3 is 2.76 bits per heavy atom. The van der Waals surface area contributed by atoms with E-state index in [0.29, 0.717) is 44.0 Å². The molecule has 1 aromatic rings. The molecular formula is C15H23N3O3. The highest BCUT2D eigenvalue weighted by Crippen LogP contribution is 2.21. The third-order valence-corrected chi connectivity index (χ3v) is 3.64. The summed E-state index contributed by atoms with van der Waals surface area (Å²) in [5.74, 6) is -0.147. The summed E-state index contributed by atoms with van der Waals surface area (Å²) in [7, 11) is 1.82. The average molecular weight is 293 g/mol. The molecule has 2 rings (SSSR count). The Labute approximate surface area is 124 Å². The monoisotopic (exact) mass is 293 g/mol. The van der Waals surface area contributed by atoms with Crippen LogP contribution in [0.1, 0.15) is 12.8 Å². The van der Waals surface area contributed by atoms with E-state index in [1.54, 1.807) is 12.1 Å². The molecule has 0 radical (unpaired) electrons. The lowest BCUT2D eigenvalue weighted by atomic mass is 9.94. The van der Waals surface area contributed by atoms with Crippen LogP contribution in [0, 0.1) is 0 Å². The maximum absolute atomic E-state index is 12.0. The molecule has 6 nitrogen and oxygen atoms in total. The van der Waals surface area contributed by atoms with Crippen molar-refractivity contribution in [2.24, 2.45) is 0 Å². The summed E-state index contributed by atoms with van der Waals surface area (Å²) >= 11 is 0. The summed E-state index contributed by atoms with van der Waals surface area (Å²) in [6.45, 7) is 1.79. The molecule has 0 aliphatic carbocycles. The SMILES string of the molecule is CN(CC(=O)Nc1ccccc1N)CC1(O)CCOCC1. The van der Waals surface area contributed by atoms with Crippen molar-refractivity contribution in [3.8, 4) is 0 Å². The largest absolute Gasteiger partial charge is 0.397 e. The van der Waals surface area contributed by atoms with Crippen molar-refractivity contribution < 1.29 is 14.6 Å². The number of carbonyl (C=O) groups is 1. The first-order valence-corrected chi connectivity index (χ1v) is 7.11. The molecule has 1 aliphatic rings. The number of likely N-dealkylation sites (N-methyl/N-ethyl adjacent to an activating group) is 1. The molecule has 1 saturated heterocycles. The van der Waals surface area contributed by atoms with Crippen LogP contribution in [0.25, 0.3) is 0 Å². The number of rotatable bonds is 5. The van der Waals surface area contributed by atoms with Crippen LogP contribution in [-0.2, 0) is 9.53 Å². The molecule has 116 valence electrons. The van der Waals surface area contributed by atoms with E-state index < -0.39 is 5.60 Å². The zero-order valence-corrected chi connectivity index (χ0v) is 12.3. The van der Waals surface area contributed by atoms with Crippen LogP contribution >= 0.6 is 0 Å². The van der Waals surface area contributed by atoms with Crippen LogP contribution in [0.3, 0.4) is 0 Å². The number of nitrogen functional groups attached to an aromatic ring is 1. The summed E-state index contributed by atoms with van der Waals surface area (Å²) in [6.07, 6.45) is 1.20. The Bertz CT molecular complexity index is 487. The van der Waals surface area contributed by atoms with Gasteiger partial charge in [-0.3, -0.25) is 9.69 Å². The minimum Gasteiger partial charge on any atom is -0.397 e. The maximum Gasteiger partial charge on any atom is 0.238 e. The molecule has 0 unspecified atom stereocenters. The molecule has 1 amide bonds. The number of aliphatic hydroxyl groups is 1. The second-order valence-electron chi connectivity index (χ2n) is 5.64. The fourth-order valence-electron chi connectivity index (χ4n) is 2.51. The van der Waals surface area contributed by atoms with E-state index >= 15 is 0 Å². The fraction of sp³-hybridized carbons (Fsp3) is 0.533. The summed E-state index contributed by atoms with van der Waals surface area (Å²) in [5, 5.41) is 13.2. The molecule has 1 aromatic carbocycles. The standard InChI is InChI=1S/C15H23N3O3/c1-18(11-15(20)6-8-21-9-7-15)10-14(19)17-13-5-3-2-4-12(13)16/h2-5,20H,6-11,16H2,1H3,(H,17,19). The molecule has 0 spiro atoms. The van der Waals surface area contributed by atoms with E-state index in [2.05, 4.69) is 5.32 Å². The quantitative estimate of drug-likeness (QED) is 0.695. The Balaban J connectivity index is 1.83. The topological polar surface area (TPSA) is 87.8 Å². The first kappa shape index (κ1) is 15.8. The van der Waals surface area contributed by atoms with Crippen LogP contribution in [0.2, 0.25) is 0 Å². The smallest absolute Gasteiger partial charge is 0.238 e. The second-order valence-corrected chi connectivity index (χ2v) is 5.64. The van der Waals surface area contributed by atoms with Gasteiger partial charge in [-0.05, 0) is 19.2 Å². The number of ether oxygens (including phenoxy) is 1. The van der Waals surface area contributed by atoms with Crippen LogP contribution in [-0.4, -0.2) is 54.9 Å². The molecule has 1 fully saturated rings. The predicted octanol–water partition coefficient (Wildman–Crippen LogP) is 0.681. The number of nitrogens with two attached hydrogens (primary N) is 1. The van der Waals surface area contributed by atoms with Gasteiger partial charge in [0.1, 0.15) is 0 Å². The third-order valence-electron chi connectivity index (χ3n) is 3.64. The summed E-state index contributed by atoms with van der Waals surface area (Å²) in [4.78, 5) is 13.8. The van der Waals surface area contributed by atoms with Crippen LogP contribution < -0.4 is 11.1 Å². The highest BCUT2D eigenvalue weighted by Gasteiger charge is 2.31. The number of anilines is 2. The number of carbonyl (C=O) groups excluding carboxylic acids is 1. The minimum absolute atomic E-state index is 0.147. The number of amides is 1. The van der Waals surface area contributed by atoms with Crippen LogP contribution in [0.4, 0.5) is 11.4 Å². The van der Waals surface area contributed by atoms with Gasteiger partial charge in [-0.1, -0.05) is 12.1 Å². The van der Waals surface area contributed by atoms with Gasteiger partial charge in [0.25, 0.3) is 0 Å². The highest BCUT2D eigenvalue weighted by atomic mass is 16.5. The molecular weight excluding hydrogens is 270 g/mol. The summed E-state index contributed by atoms with van der Waals surface area (Å²) in [5.41, 5.74) is 6.17.